The second kappa shape index (κ2) is 8.95. The van der Waals surface area contributed by atoms with Crippen LogP contribution in [-0.4, -0.2) is 44.7 Å². The van der Waals surface area contributed by atoms with Crippen LogP contribution in [0.4, 0.5) is 0 Å². The van der Waals surface area contributed by atoms with E-state index < -0.39 is 11.4 Å². The maximum absolute atomic E-state index is 12.7. The maximum Gasteiger partial charge on any atom is 0.255 e. The topological polar surface area (TPSA) is 126 Å². The van der Waals surface area contributed by atoms with E-state index >= 15 is 0 Å². The number of carbonyl (C=O) groups is 2. The molecule has 1 aliphatic rings. The molecule has 1 aromatic carbocycles. The van der Waals surface area contributed by atoms with Gasteiger partial charge >= 0.3 is 0 Å². The molecule has 0 heterocycles. The average Bonchev–Trinajstić information content (AvgIpc) is 3.44. The molecule has 2 amide bonds. The Kier molecular flexibility index (Phi) is 7.53. The molecule has 9 heteroatoms. The predicted molar refractivity (Wildman–Crippen MR) is 99.1 cm³/mol. The van der Waals surface area contributed by atoms with Crippen LogP contribution < -0.4 is 31.0 Å². The van der Waals surface area contributed by atoms with Gasteiger partial charge in [-0.05, 0) is 37.8 Å². The van der Waals surface area contributed by atoms with Crippen LogP contribution in [0.2, 0.25) is 0 Å². The first-order chi connectivity index (χ1) is 11.8. The van der Waals surface area contributed by atoms with Crippen LogP contribution in [0.5, 0.6) is 17.2 Å². The minimum absolute atomic E-state index is 0. The summed E-state index contributed by atoms with van der Waals surface area (Å²) in [6.07, 6.45) is 2.11. The second-order valence-electron chi connectivity index (χ2n) is 6.31. The van der Waals surface area contributed by atoms with Crippen LogP contribution in [-0.2, 0) is 4.79 Å². The number of amides is 2. The van der Waals surface area contributed by atoms with E-state index in [4.69, 9.17) is 25.7 Å². The van der Waals surface area contributed by atoms with E-state index in [0.717, 1.165) is 12.8 Å². The highest BCUT2D eigenvalue weighted by atomic mass is 35.5. The Morgan fingerprint density at radius 3 is 2.15 bits per heavy atom. The fourth-order valence-corrected chi connectivity index (χ4v) is 2.67. The molecule has 0 saturated heterocycles. The van der Waals surface area contributed by atoms with Gasteiger partial charge in [0.2, 0.25) is 5.75 Å². The standard InChI is InChI=1S/C17H25N3O5.ClH/c1-17(9-18,11-4-5-11)20-16(22)10-6-12(23-2)15(13(7-10)24-3)25-8-14(19)21;/h6-7,11H,4-5,8-9,18H2,1-3H3,(H2,19,21)(H,20,22);1H. The molecule has 146 valence electrons. The molecular formula is C17H26ClN3O5. The number of ether oxygens (including phenoxy) is 3. The predicted octanol–water partition coefficient (Wildman–Crippen LogP) is 0.847. The van der Waals surface area contributed by atoms with Gasteiger partial charge in [-0.1, -0.05) is 0 Å². The Morgan fingerprint density at radius 2 is 1.77 bits per heavy atom. The highest BCUT2D eigenvalue weighted by Crippen LogP contribution is 2.40. The van der Waals surface area contributed by atoms with Crippen molar-refractivity contribution in [3.8, 4) is 17.2 Å². The number of hydrogen-bond donors (Lipinski definition) is 3. The summed E-state index contributed by atoms with van der Waals surface area (Å²) in [7, 11) is 2.86. The van der Waals surface area contributed by atoms with Crippen molar-refractivity contribution >= 4 is 24.2 Å². The van der Waals surface area contributed by atoms with Crippen molar-refractivity contribution in [3.05, 3.63) is 17.7 Å². The number of halogens is 1. The lowest BCUT2D eigenvalue weighted by atomic mass is 9.95. The van der Waals surface area contributed by atoms with Crippen molar-refractivity contribution in [2.24, 2.45) is 17.4 Å². The lowest BCUT2D eigenvalue weighted by Gasteiger charge is -2.29. The van der Waals surface area contributed by atoms with E-state index in [1.54, 1.807) is 0 Å². The summed E-state index contributed by atoms with van der Waals surface area (Å²) in [6, 6.07) is 3.05. The molecule has 1 aliphatic carbocycles. The Bertz CT molecular complexity index is 641. The Labute approximate surface area is 158 Å². The van der Waals surface area contributed by atoms with Crippen LogP contribution in [0.25, 0.3) is 0 Å². The van der Waals surface area contributed by atoms with Crippen LogP contribution in [0.3, 0.4) is 0 Å². The van der Waals surface area contributed by atoms with Gasteiger partial charge < -0.3 is 31.0 Å². The molecule has 8 nitrogen and oxygen atoms in total. The van der Waals surface area contributed by atoms with Gasteiger partial charge in [-0.3, -0.25) is 9.59 Å². The molecule has 26 heavy (non-hydrogen) atoms. The fraction of sp³-hybridized carbons (Fsp3) is 0.529. The Morgan fingerprint density at radius 1 is 1.23 bits per heavy atom. The zero-order valence-corrected chi connectivity index (χ0v) is 16.0. The summed E-state index contributed by atoms with van der Waals surface area (Å²) >= 11 is 0. The summed E-state index contributed by atoms with van der Waals surface area (Å²) < 4.78 is 15.9. The number of rotatable bonds is 9. The van der Waals surface area contributed by atoms with Gasteiger partial charge in [-0.2, -0.15) is 0 Å². The minimum atomic E-state index is -0.630. The summed E-state index contributed by atoms with van der Waals surface area (Å²) in [5, 5.41) is 3.00. The number of carbonyl (C=O) groups excluding carboxylic acids is 2. The molecule has 5 N–H and O–H groups in total. The maximum atomic E-state index is 12.7. The molecule has 0 aromatic heterocycles. The molecular weight excluding hydrogens is 362 g/mol. The lowest BCUT2D eigenvalue weighted by molar-refractivity contribution is -0.120. The smallest absolute Gasteiger partial charge is 0.255 e. The highest BCUT2D eigenvalue weighted by molar-refractivity contribution is 5.96. The summed E-state index contributed by atoms with van der Waals surface area (Å²) in [6.45, 7) is 1.98. The van der Waals surface area contributed by atoms with Crippen molar-refractivity contribution in [2.75, 3.05) is 27.4 Å². The quantitative estimate of drug-likeness (QED) is 0.576. The fourth-order valence-electron chi connectivity index (χ4n) is 2.67. The average molecular weight is 388 g/mol. The van der Waals surface area contributed by atoms with Gasteiger partial charge in [0.15, 0.2) is 18.1 Å². The van der Waals surface area contributed by atoms with Crippen molar-refractivity contribution in [1.29, 1.82) is 0 Å². The number of nitrogens with two attached hydrogens (primary N) is 2. The Hall–Kier alpha value is -2.19. The first kappa shape index (κ1) is 21.9. The van der Waals surface area contributed by atoms with Crippen LogP contribution in [0.1, 0.15) is 30.1 Å². The number of benzene rings is 1. The van der Waals surface area contributed by atoms with Gasteiger partial charge in [-0.15, -0.1) is 12.4 Å². The van der Waals surface area contributed by atoms with E-state index in [1.165, 1.54) is 26.4 Å². The van der Waals surface area contributed by atoms with Crippen molar-refractivity contribution in [2.45, 2.75) is 25.3 Å². The van der Waals surface area contributed by atoms with E-state index in [9.17, 15) is 9.59 Å². The van der Waals surface area contributed by atoms with E-state index in [-0.39, 0.29) is 42.2 Å². The van der Waals surface area contributed by atoms with Gasteiger partial charge in [0.1, 0.15) is 0 Å². The summed E-state index contributed by atoms with van der Waals surface area (Å²) in [5.74, 6) is 0.234. The summed E-state index contributed by atoms with van der Waals surface area (Å²) in [4.78, 5) is 23.6. The highest BCUT2D eigenvalue weighted by Gasteiger charge is 2.41. The molecule has 1 fully saturated rings. The van der Waals surface area contributed by atoms with Crippen molar-refractivity contribution in [3.63, 3.8) is 0 Å². The summed E-state index contributed by atoms with van der Waals surface area (Å²) in [5.41, 5.74) is 10.9. The third-order valence-corrected chi connectivity index (χ3v) is 4.38. The first-order valence-corrected chi connectivity index (χ1v) is 8.04. The van der Waals surface area contributed by atoms with Crippen molar-refractivity contribution < 1.29 is 23.8 Å². The molecule has 1 atom stereocenters. The van der Waals surface area contributed by atoms with Crippen molar-refractivity contribution in [1.82, 2.24) is 5.32 Å². The first-order valence-electron chi connectivity index (χ1n) is 8.04. The molecule has 0 radical (unpaired) electrons. The molecule has 0 aliphatic heterocycles. The molecule has 1 saturated carbocycles. The monoisotopic (exact) mass is 387 g/mol. The normalized spacial score (nSPS) is 15.2. The zero-order valence-electron chi connectivity index (χ0n) is 15.2. The number of methoxy groups -OCH3 is 2. The van der Waals surface area contributed by atoms with Crippen LogP contribution in [0, 0.1) is 5.92 Å². The molecule has 1 unspecified atom stereocenters. The van der Waals surface area contributed by atoms with Crippen LogP contribution in [0.15, 0.2) is 12.1 Å². The second-order valence-corrected chi connectivity index (χ2v) is 6.31. The zero-order chi connectivity index (χ0) is 18.6. The third-order valence-electron chi connectivity index (χ3n) is 4.38. The number of primary amides is 1. The lowest BCUT2D eigenvalue weighted by Crippen LogP contribution is -2.53. The Balaban J connectivity index is 0.00000338. The molecule has 0 bridgehead atoms. The largest absolute Gasteiger partial charge is 0.493 e. The van der Waals surface area contributed by atoms with Gasteiger partial charge in [0.05, 0.1) is 19.8 Å². The molecule has 0 spiro atoms. The SMILES string of the molecule is COc1cc(C(=O)NC(C)(CN)C2CC2)cc(OC)c1OCC(N)=O.Cl. The minimum Gasteiger partial charge on any atom is -0.493 e. The van der Waals surface area contributed by atoms with E-state index in [1.807, 2.05) is 6.92 Å². The molecule has 2 rings (SSSR count). The van der Waals surface area contributed by atoms with E-state index in [2.05, 4.69) is 5.32 Å². The van der Waals surface area contributed by atoms with Gasteiger partial charge in [-0.25, -0.2) is 0 Å². The van der Waals surface area contributed by atoms with Gasteiger partial charge in [0.25, 0.3) is 11.8 Å². The van der Waals surface area contributed by atoms with E-state index in [0.29, 0.717) is 18.0 Å². The number of hydrogen-bond acceptors (Lipinski definition) is 6. The molecule has 1 aromatic rings. The number of nitrogens with one attached hydrogen (secondary N) is 1. The van der Waals surface area contributed by atoms with Crippen LogP contribution >= 0.6 is 12.4 Å². The van der Waals surface area contributed by atoms with Gasteiger partial charge in [0, 0.05) is 12.1 Å². The third kappa shape index (κ3) is 4.92.